The molecule has 1 aromatic carbocycles. The van der Waals surface area contributed by atoms with Crippen molar-refractivity contribution in [3.63, 3.8) is 0 Å². The largest absolute Gasteiger partial charge is 0.289 e. The second-order valence-electron chi connectivity index (χ2n) is 6.56. The molecule has 1 aliphatic rings. The van der Waals surface area contributed by atoms with Crippen molar-refractivity contribution in [2.24, 2.45) is 0 Å². The first-order valence-corrected chi connectivity index (χ1v) is 11.1. The molecule has 1 aromatic rings. The van der Waals surface area contributed by atoms with Gasteiger partial charge in [-0.1, -0.05) is 75.4 Å². The van der Waals surface area contributed by atoms with Gasteiger partial charge in [-0.15, -0.1) is 0 Å². The van der Waals surface area contributed by atoms with Gasteiger partial charge in [-0.3, -0.25) is 4.79 Å². The molecular formula is C18H24OSi. The summed E-state index contributed by atoms with van der Waals surface area (Å²) in [6, 6.07) is 8.21. The lowest BCUT2D eigenvalue weighted by molar-refractivity contribution is -0.108. The van der Waals surface area contributed by atoms with E-state index in [4.69, 9.17) is 0 Å². The maximum absolute atomic E-state index is 12.7. The van der Waals surface area contributed by atoms with Crippen molar-refractivity contribution in [1.29, 1.82) is 0 Å². The number of hydrogen-bond acceptors (Lipinski definition) is 1. The van der Waals surface area contributed by atoms with E-state index in [0.717, 1.165) is 41.5 Å². The third kappa shape index (κ3) is 3.18. The zero-order valence-corrected chi connectivity index (χ0v) is 14.0. The molecule has 0 saturated heterocycles. The number of carbonyl (C=O) groups is 1. The molecule has 0 amide bonds. The normalized spacial score (nSPS) is 18.9. The molecule has 0 fully saturated rings. The fraction of sp³-hybridized carbons (Fsp3) is 0.389. The molecule has 0 aliphatic heterocycles. The van der Waals surface area contributed by atoms with Crippen LogP contribution in [0.25, 0.3) is 11.1 Å². The lowest BCUT2D eigenvalue weighted by Crippen LogP contribution is -2.17. The summed E-state index contributed by atoms with van der Waals surface area (Å²) in [5.74, 6) is 0.227. The van der Waals surface area contributed by atoms with E-state index in [1.807, 2.05) is 12.1 Å². The second-order valence-corrected chi connectivity index (χ2v) is 11.6. The van der Waals surface area contributed by atoms with Crippen LogP contribution >= 0.6 is 0 Å². The molecule has 1 aliphatic carbocycles. The van der Waals surface area contributed by atoms with Crippen LogP contribution in [0.15, 0.2) is 36.0 Å². The fourth-order valence-electron chi connectivity index (χ4n) is 2.57. The molecule has 2 rings (SSSR count). The highest BCUT2D eigenvalue weighted by Gasteiger charge is 2.30. The van der Waals surface area contributed by atoms with Gasteiger partial charge in [0.15, 0.2) is 5.78 Å². The summed E-state index contributed by atoms with van der Waals surface area (Å²) in [5, 5.41) is 0. The molecule has 0 aromatic heterocycles. The van der Waals surface area contributed by atoms with E-state index >= 15 is 0 Å². The second kappa shape index (κ2) is 5.92. The van der Waals surface area contributed by atoms with Crippen LogP contribution in [0.2, 0.25) is 19.6 Å². The average molecular weight is 284 g/mol. The standard InChI is InChI=1S/C18H24OSi/c1-5-6-7-12-16-14-10-8-9-11-15(14)17(18(16)19)13-20(2,3)4/h8-13H,5-7H2,1-4H3/b16-12+,17-13-. The molecule has 0 radical (unpaired) electrons. The van der Waals surface area contributed by atoms with Gasteiger partial charge in [-0.2, -0.15) is 0 Å². The number of benzene rings is 1. The van der Waals surface area contributed by atoms with Gasteiger partial charge >= 0.3 is 0 Å². The van der Waals surface area contributed by atoms with Crippen LogP contribution in [-0.4, -0.2) is 13.9 Å². The summed E-state index contributed by atoms with van der Waals surface area (Å²) >= 11 is 0. The molecule has 1 nitrogen and oxygen atoms in total. The summed E-state index contributed by atoms with van der Waals surface area (Å²) < 4.78 is 0. The predicted octanol–water partition coefficient (Wildman–Crippen LogP) is 5.10. The van der Waals surface area contributed by atoms with Crippen LogP contribution in [0, 0.1) is 0 Å². The van der Waals surface area contributed by atoms with E-state index in [9.17, 15) is 4.79 Å². The molecule has 0 saturated carbocycles. The van der Waals surface area contributed by atoms with Gasteiger partial charge in [0.25, 0.3) is 0 Å². The van der Waals surface area contributed by atoms with Gasteiger partial charge in [-0.25, -0.2) is 0 Å². The Bertz CT molecular complexity index is 573. The summed E-state index contributed by atoms with van der Waals surface area (Å²) in [4.78, 5) is 12.7. The molecule has 0 N–H and O–H groups in total. The number of carbonyl (C=O) groups excluding carboxylic acids is 1. The van der Waals surface area contributed by atoms with Gasteiger partial charge in [0.1, 0.15) is 0 Å². The highest BCUT2D eigenvalue weighted by molar-refractivity contribution is 6.83. The van der Waals surface area contributed by atoms with Gasteiger partial charge in [0.05, 0.1) is 8.07 Å². The quantitative estimate of drug-likeness (QED) is 0.427. The van der Waals surface area contributed by atoms with E-state index in [0.29, 0.717) is 0 Å². The number of ketones is 1. The summed E-state index contributed by atoms with van der Waals surface area (Å²) in [5.41, 5.74) is 6.34. The van der Waals surface area contributed by atoms with E-state index < -0.39 is 8.07 Å². The number of hydrogen-bond donors (Lipinski definition) is 0. The Kier molecular flexibility index (Phi) is 4.44. The SMILES string of the molecule is CCCC/C=C1/C(=O)/C(=C\[Si](C)(C)C)c2ccccc21. The number of allylic oxidation sites excluding steroid dienone is 3. The van der Waals surface area contributed by atoms with Crippen molar-refractivity contribution < 1.29 is 4.79 Å². The predicted molar refractivity (Wildman–Crippen MR) is 90.3 cm³/mol. The Hall–Kier alpha value is -1.41. The van der Waals surface area contributed by atoms with Crippen LogP contribution in [-0.2, 0) is 4.79 Å². The zero-order valence-electron chi connectivity index (χ0n) is 13.0. The number of Topliss-reactive ketones (excluding diaryl/α,β-unsaturated/α-hetero) is 1. The fourth-order valence-corrected chi connectivity index (χ4v) is 3.72. The highest BCUT2D eigenvalue weighted by Crippen LogP contribution is 2.38. The Labute approximate surface area is 123 Å². The molecule has 0 bridgehead atoms. The number of rotatable bonds is 4. The minimum atomic E-state index is -1.41. The van der Waals surface area contributed by atoms with E-state index in [1.165, 1.54) is 0 Å². The summed E-state index contributed by atoms with van der Waals surface area (Å²) in [6.45, 7) is 9.00. The molecule has 0 heterocycles. The van der Waals surface area contributed by atoms with Crippen LogP contribution in [0.4, 0.5) is 0 Å². The van der Waals surface area contributed by atoms with Crippen molar-refractivity contribution in [2.45, 2.75) is 45.8 Å². The van der Waals surface area contributed by atoms with E-state index in [-0.39, 0.29) is 5.78 Å². The van der Waals surface area contributed by atoms with Crippen molar-refractivity contribution in [2.75, 3.05) is 0 Å². The minimum Gasteiger partial charge on any atom is -0.289 e. The van der Waals surface area contributed by atoms with Gasteiger partial charge in [0, 0.05) is 11.1 Å². The first-order chi connectivity index (χ1) is 9.44. The van der Waals surface area contributed by atoms with Crippen LogP contribution < -0.4 is 0 Å². The van der Waals surface area contributed by atoms with E-state index in [2.05, 4.69) is 50.5 Å². The molecule has 0 atom stereocenters. The number of unbranched alkanes of at least 4 members (excludes halogenated alkanes) is 2. The monoisotopic (exact) mass is 284 g/mol. The lowest BCUT2D eigenvalue weighted by Gasteiger charge is -2.10. The van der Waals surface area contributed by atoms with Crippen molar-refractivity contribution >= 4 is 25.0 Å². The molecule has 2 heteroatoms. The van der Waals surface area contributed by atoms with Gasteiger partial charge in [0.2, 0.25) is 0 Å². The first-order valence-electron chi connectivity index (χ1n) is 7.51. The minimum absolute atomic E-state index is 0.227. The Morgan fingerprint density at radius 3 is 2.20 bits per heavy atom. The van der Waals surface area contributed by atoms with Gasteiger partial charge < -0.3 is 0 Å². The Morgan fingerprint density at radius 2 is 1.65 bits per heavy atom. The van der Waals surface area contributed by atoms with Crippen LogP contribution in [0.3, 0.4) is 0 Å². The maximum Gasteiger partial charge on any atom is 0.193 e. The topological polar surface area (TPSA) is 17.1 Å². The molecule has 0 unspecified atom stereocenters. The van der Waals surface area contributed by atoms with Crippen LogP contribution in [0.5, 0.6) is 0 Å². The third-order valence-electron chi connectivity index (χ3n) is 3.48. The first kappa shape index (κ1) is 15.0. The third-order valence-corrected chi connectivity index (χ3v) is 4.63. The van der Waals surface area contributed by atoms with Crippen molar-refractivity contribution in [3.8, 4) is 0 Å². The molecule has 20 heavy (non-hydrogen) atoms. The van der Waals surface area contributed by atoms with Crippen LogP contribution in [0.1, 0.15) is 37.3 Å². The lowest BCUT2D eigenvalue weighted by atomic mass is 10.1. The summed E-state index contributed by atoms with van der Waals surface area (Å²) in [6.07, 6.45) is 5.44. The smallest absolute Gasteiger partial charge is 0.193 e. The Balaban J connectivity index is 2.48. The highest BCUT2D eigenvalue weighted by atomic mass is 28.3. The number of fused-ring (bicyclic) bond motifs is 1. The van der Waals surface area contributed by atoms with Gasteiger partial charge in [-0.05, 0) is 17.5 Å². The average Bonchev–Trinajstić information content (AvgIpc) is 2.63. The molecule has 106 valence electrons. The van der Waals surface area contributed by atoms with Crippen molar-refractivity contribution in [1.82, 2.24) is 0 Å². The molecular weight excluding hydrogens is 260 g/mol. The molecule has 0 spiro atoms. The summed E-state index contributed by atoms with van der Waals surface area (Å²) in [7, 11) is -1.41. The van der Waals surface area contributed by atoms with Crippen molar-refractivity contribution in [3.05, 3.63) is 47.2 Å². The Morgan fingerprint density at radius 1 is 1.05 bits per heavy atom. The van der Waals surface area contributed by atoms with E-state index in [1.54, 1.807) is 0 Å². The zero-order chi connectivity index (χ0) is 14.8. The maximum atomic E-state index is 12.7.